The number of hydrogen-bond acceptors (Lipinski definition) is 4. The monoisotopic (exact) mass is 351 g/mol. The van der Waals surface area contributed by atoms with Gasteiger partial charge in [0.2, 0.25) is 5.91 Å². The molecule has 3 heterocycles. The molecule has 7 nitrogen and oxygen atoms in total. The standard InChI is InChI=1S/C19H21N5O2/c1-13-6-5-7-16(14(13)2)24-18-15(10-21-24)19(26)23(12-20-18)11-17(25)22-8-3-4-9-22/h5-7,10,12H,3-4,8-9,11H2,1-2H3. The van der Waals surface area contributed by atoms with E-state index in [1.54, 1.807) is 9.58 Å². The van der Waals surface area contributed by atoms with Crippen LogP contribution in [0, 0.1) is 13.8 Å². The number of amides is 1. The van der Waals surface area contributed by atoms with Gasteiger partial charge in [0.05, 0.1) is 11.9 Å². The van der Waals surface area contributed by atoms with Gasteiger partial charge in [-0.2, -0.15) is 5.10 Å². The van der Waals surface area contributed by atoms with Crippen LogP contribution in [0.25, 0.3) is 16.7 Å². The van der Waals surface area contributed by atoms with Crippen molar-refractivity contribution in [2.45, 2.75) is 33.2 Å². The SMILES string of the molecule is Cc1cccc(-n2ncc3c(=O)n(CC(=O)N4CCCC4)cnc32)c1C. The number of nitrogens with zero attached hydrogens (tertiary/aromatic N) is 5. The molecule has 1 aliphatic rings. The maximum Gasteiger partial charge on any atom is 0.264 e. The Morgan fingerprint density at radius 1 is 1.19 bits per heavy atom. The molecule has 134 valence electrons. The fourth-order valence-electron chi connectivity index (χ4n) is 3.41. The minimum absolute atomic E-state index is 0.0242. The first-order valence-corrected chi connectivity index (χ1v) is 8.84. The van der Waals surface area contributed by atoms with Gasteiger partial charge in [0.1, 0.15) is 18.3 Å². The number of carbonyl (C=O) groups is 1. The fourth-order valence-corrected chi connectivity index (χ4v) is 3.41. The van der Waals surface area contributed by atoms with E-state index >= 15 is 0 Å². The Hall–Kier alpha value is -2.96. The van der Waals surface area contributed by atoms with E-state index < -0.39 is 0 Å². The highest BCUT2D eigenvalue weighted by Gasteiger charge is 2.20. The Balaban J connectivity index is 1.72. The first-order valence-electron chi connectivity index (χ1n) is 8.84. The smallest absolute Gasteiger partial charge is 0.264 e. The number of benzene rings is 1. The third kappa shape index (κ3) is 2.69. The summed E-state index contributed by atoms with van der Waals surface area (Å²) in [5.74, 6) is -0.0346. The summed E-state index contributed by atoms with van der Waals surface area (Å²) in [6, 6.07) is 5.95. The molecule has 1 amide bonds. The molecule has 3 aromatic rings. The van der Waals surface area contributed by atoms with Crippen molar-refractivity contribution in [2.24, 2.45) is 0 Å². The molecule has 26 heavy (non-hydrogen) atoms. The zero-order valence-electron chi connectivity index (χ0n) is 15.0. The molecule has 0 saturated carbocycles. The zero-order chi connectivity index (χ0) is 18.3. The van der Waals surface area contributed by atoms with Crippen LogP contribution in [0.2, 0.25) is 0 Å². The minimum atomic E-state index is -0.237. The Morgan fingerprint density at radius 2 is 1.96 bits per heavy atom. The van der Waals surface area contributed by atoms with Gasteiger partial charge < -0.3 is 4.90 Å². The van der Waals surface area contributed by atoms with Crippen LogP contribution in [0.3, 0.4) is 0 Å². The van der Waals surface area contributed by atoms with E-state index in [-0.39, 0.29) is 18.0 Å². The molecule has 1 aliphatic heterocycles. The van der Waals surface area contributed by atoms with Crippen molar-refractivity contribution in [3.63, 3.8) is 0 Å². The van der Waals surface area contributed by atoms with Crippen LogP contribution in [0.15, 0.2) is 35.5 Å². The number of aryl methyl sites for hydroxylation is 1. The van der Waals surface area contributed by atoms with Gasteiger partial charge in [0.25, 0.3) is 5.56 Å². The van der Waals surface area contributed by atoms with Gasteiger partial charge in [-0.1, -0.05) is 12.1 Å². The Bertz CT molecular complexity index is 1040. The van der Waals surface area contributed by atoms with Gasteiger partial charge in [-0.25, -0.2) is 9.67 Å². The summed E-state index contributed by atoms with van der Waals surface area (Å²) < 4.78 is 3.06. The van der Waals surface area contributed by atoms with Crippen LogP contribution in [0.1, 0.15) is 24.0 Å². The molecule has 1 aromatic carbocycles. The summed E-state index contributed by atoms with van der Waals surface area (Å²) in [5, 5.41) is 4.79. The second-order valence-electron chi connectivity index (χ2n) is 6.78. The van der Waals surface area contributed by atoms with E-state index in [0.29, 0.717) is 11.0 Å². The van der Waals surface area contributed by atoms with E-state index in [9.17, 15) is 9.59 Å². The Labute approximate surface area is 150 Å². The molecule has 0 bridgehead atoms. The predicted molar refractivity (Wildman–Crippen MR) is 98.4 cm³/mol. The van der Waals surface area contributed by atoms with Crippen LogP contribution in [-0.2, 0) is 11.3 Å². The molecule has 1 saturated heterocycles. The first kappa shape index (κ1) is 16.5. The molecular weight excluding hydrogens is 330 g/mol. The summed E-state index contributed by atoms with van der Waals surface area (Å²) in [7, 11) is 0. The average Bonchev–Trinajstić information content (AvgIpc) is 3.30. The number of rotatable bonds is 3. The van der Waals surface area contributed by atoms with Crippen LogP contribution in [0.5, 0.6) is 0 Å². The molecule has 0 unspecified atom stereocenters. The zero-order valence-corrected chi connectivity index (χ0v) is 15.0. The molecule has 7 heteroatoms. The number of likely N-dealkylation sites (tertiary alicyclic amines) is 1. The van der Waals surface area contributed by atoms with Crippen molar-refractivity contribution < 1.29 is 4.79 Å². The van der Waals surface area contributed by atoms with Gasteiger partial charge in [0, 0.05) is 13.1 Å². The number of hydrogen-bond donors (Lipinski definition) is 0. The molecule has 0 N–H and O–H groups in total. The second kappa shape index (κ2) is 6.40. The minimum Gasteiger partial charge on any atom is -0.341 e. The largest absolute Gasteiger partial charge is 0.341 e. The molecule has 2 aromatic heterocycles. The van der Waals surface area contributed by atoms with E-state index in [4.69, 9.17) is 0 Å². The van der Waals surface area contributed by atoms with Gasteiger partial charge in [-0.15, -0.1) is 0 Å². The Morgan fingerprint density at radius 3 is 2.73 bits per heavy atom. The van der Waals surface area contributed by atoms with Crippen molar-refractivity contribution >= 4 is 16.9 Å². The van der Waals surface area contributed by atoms with Crippen LogP contribution >= 0.6 is 0 Å². The second-order valence-corrected chi connectivity index (χ2v) is 6.78. The molecule has 1 fully saturated rings. The lowest BCUT2D eigenvalue weighted by molar-refractivity contribution is -0.130. The quantitative estimate of drug-likeness (QED) is 0.721. The van der Waals surface area contributed by atoms with Crippen molar-refractivity contribution in [3.8, 4) is 5.69 Å². The summed E-state index contributed by atoms with van der Waals surface area (Å²) in [6.45, 7) is 5.63. The normalized spacial score (nSPS) is 14.3. The lowest BCUT2D eigenvalue weighted by atomic mass is 10.1. The summed E-state index contributed by atoms with van der Waals surface area (Å²) in [4.78, 5) is 31.3. The number of fused-ring (bicyclic) bond motifs is 1. The van der Waals surface area contributed by atoms with Gasteiger partial charge in [-0.05, 0) is 43.9 Å². The molecule has 4 rings (SSSR count). The predicted octanol–water partition coefficient (Wildman–Crippen LogP) is 1.82. The van der Waals surface area contributed by atoms with E-state index in [2.05, 4.69) is 10.1 Å². The molecule has 0 aliphatic carbocycles. The maximum absolute atomic E-state index is 12.8. The van der Waals surface area contributed by atoms with Gasteiger partial charge in [0.15, 0.2) is 5.65 Å². The van der Waals surface area contributed by atoms with E-state index in [0.717, 1.165) is 42.7 Å². The fraction of sp³-hybridized carbons (Fsp3) is 0.368. The summed E-state index contributed by atoms with van der Waals surface area (Å²) in [6.07, 6.45) is 5.03. The lowest BCUT2D eigenvalue weighted by Crippen LogP contribution is -2.34. The van der Waals surface area contributed by atoms with Crippen molar-refractivity contribution in [2.75, 3.05) is 13.1 Å². The topological polar surface area (TPSA) is 73.0 Å². The highest BCUT2D eigenvalue weighted by atomic mass is 16.2. The average molecular weight is 351 g/mol. The highest BCUT2D eigenvalue weighted by molar-refractivity contribution is 5.78. The molecule has 0 atom stereocenters. The number of carbonyl (C=O) groups excluding carboxylic acids is 1. The van der Waals surface area contributed by atoms with E-state index in [1.807, 2.05) is 32.0 Å². The molecule has 0 spiro atoms. The van der Waals surface area contributed by atoms with Crippen molar-refractivity contribution in [1.29, 1.82) is 0 Å². The van der Waals surface area contributed by atoms with Gasteiger partial charge in [-0.3, -0.25) is 14.2 Å². The molecular formula is C19H21N5O2. The summed E-state index contributed by atoms with van der Waals surface area (Å²) >= 11 is 0. The van der Waals surface area contributed by atoms with Gasteiger partial charge >= 0.3 is 0 Å². The van der Waals surface area contributed by atoms with E-state index in [1.165, 1.54) is 17.1 Å². The van der Waals surface area contributed by atoms with Crippen LogP contribution in [0.4, 0.5) is 0 Å². The van der Waals surface area contributed by atoms with Crippen molar-refractivity contribution in [1.82, 2.24) is 24.2 Å². The molecule has 0 radical (unpaired) electrons. The Kier molecular flexibility index (Phi) is 4.06. The van der Waals surface area contributed by atoms with Crippen LogP contribution < -0.4 is 5.56 Å². The third-order valence-corrected chi connectivity index (χ3v) is 5.12. The van der Waals surface area contributed by atoms with Crippen molar-refractivity contribution in [3.05, 3.63) is 52.2 Å². The first-order chi connectivity index (χ1) is 12.6. The number of aromatic nitrogens is 4. The maximum atomic E-state index is 12.8. The summed E-state index contributed by atoms with van der Waals surface area (Å²) in [5.41, 5.74) is 3.41. The van der Waals surface area contributed by atoms with Crippen LogP contribution in [-0.4, -0.2) is 43.2 Å². The lowest BCUT2D eigenvalue weighted by Gasteiger charge is -2.15. The highest BCUT2D eigenvalue weighted by Crippen LogP contribution is 2.20. The third-order valence-electron chi connectivity index (χ3n) is 5.12.